The first-order chi connectivity index (χ1) is 8.06. The summed E-state index contributed by atoms with van der Waals surface area (Å²) in [7, 11) is -2.96. The van der Waals surface area contributed by atoms with Crippen molar-refractivity contribution in [1.82, 2.24) is 0 Å². The standard InChI is InChI=1S/C13H27NO3S/c1-5-18(16,17)8-6-7-12(15)9-11(14)10-13(2,3)4/h11H,5-10,14H2,1-4H3. The number of sulfone groups is 1. The van der Waals surface area contributed by atoms with Crippen LogP contribution in [0.5, 0.6) is 0 Å². The van der Waals surface area contributed by atoms with Crippen LogP contribution in [0.25, 0.3) is 0 Å². The highest BCUT2D eigenvalue weighted by Crippen LogP contribution is 2.21. The zero-order chi connectivity index (χ0) is 14.4. The fourth-order valence-corrected chi connectivity index (χ4v) is 2.76. The molecule has 0 saturated carbocycles. The Bertz CT molecular complexity index is 355. The summed E-state index contributed by atoms with van der Waals surface area (Å²) in [4.78, 5) is 11.6. The smallest absolute Gasteiger partial charge is 0.150 e. The van der Waals surface area contributed by atoms with E-state index < -0.39 is 9.84 Å². The van der Waals surface area contributed by atoms with Crippen LogP contribution in [-0.2, 0) is 14.6 Å². The molecular weight excluding hydrogens is 250 g/mol. The van der Waals surface area contributed by atoms with Crippen LogP contribution in [0, 0.1) is 5.41 Å². The Balaban J connectivity index is 3.92. The molecule has 18 heavy (non-hydrogen) atoms. The highest BCUT2D eigenvalue weighted by atomic mass is 32.2. The Morgan fingerprint density at radius 3 is 2.28 bits per heavy atom. The number of hydrogen-bond donors (Lipinski definition) is 1. The fraction of sp³-hybridized carbons (Fsp3) is 0.923. The van der Waals surface area contributed by atoms with Crippen molar-refractivity contribution in [3.8, 4) is 0 Å². The van der Waals surface area contributed by atoms with Crippen LogP contribution < -0.4 is 5.73 Å². The minimum absolute atomic E-state index is 0.0676. The number of rotatable bonds is 8. The van der Waals surface area contributed by atoms with Crippen LogP contribution in [-0.4, -0.2) is 31.7 Å². The monoisotopic (exact) mass is 277 g/mol. The minimum atomic E-state index is -2.96. The maximum atomic E-state index is 11.6. The molecule has 0 rings (SSSR count). The maximum absolute atomic E-state index is 11.6. The molecule has 5 heteroatoms. The van der Waals surface area contributed by atoms with Gasteiger partial charge in [-0.2, -0.15) is 0 Å². The minimum Gasteiger partial charge on any atom is -0.327 e. The van der Waals surface area contributed by atoms with E-state index in [9.17, 15) is 13.2 Å². The molecule has 4 nitrogen and oxygen atoms in total. The van der Waals surface area contributed by atoms with Gasteiger partial charge in [0.15, 0.2) is 0 Å². The molecule has 0 saturated heterocycles. The van der Waals surface area contributed by atoms with Crippen molar-refractivity contribution in [2.75, 3.05) is 11.5 Å². The van der Waals surface area contributed by atoms with E-state index in [1.807, 2.05) is 0 Å². The predicted molar refractivity (Wildman–Crippen MR) is 75.2 cm³/mol. The largest absolute Gasteiger partial charge is 0.327 e. The molecule has 0 aromatic carbocycles. The van der Waals surface area contributed by atoms with Crippen LogP contribution in [0.3, 0.4) is 0 Å². The molecule has 0 spiro atoms. The number of carbonyl (C=O) groups excluding carboxylic acids is 1. The Hall–Kier alpha value is -0.420. The summed E-state index contributed by atoms with van der Waals surface area (Å²) in [6.45, 7) is 7.89. The molecule has 0 amide bonds. The third-order valence-electron chi connectivity index (χ3n) is 2.72. The lowest BCUT2D eigenvalue weighted by Gasteiger charge is -2.22. The molecule has 0 bridgehead atoms. The van der Waals surface area contributed by atoms with E-state index in [1.54, 1.807) is 6.92 Å². The van der Waals surface area contributed by atoms with Gasteiger partial charge in [0.2, 0.25) is 0 Å². The lowest BCUT2D eigenvalue weighted by Crippen LogP contribution is -2.29. The highest BCUT2D eigenvalue weighted by molar-refractivity contribution is 7.91. The van der Waals surface area contributed by atoms with Crippen molar-refractivity contribution < 1.29 is 13.2 Å². The Kier molecular flexibility index (Phi) is 7.07. The molecule has 0 aliphatic rings. The van der Waals surface area contributed by atoms with Crippen LogP contribution in [0.4, 0.5) is 0 Å². The third kappa shape index (κ3) is 9.59. The molecule has 0 aromatic heterocycles. The molecule has 0 fully saturated rings. The van der Waals surface area contributed by atoms with Crippen molar-refractivity contribution in [3.63, 3.8) is 0 Å². The van der Waals surface area contributed by atoms with Crippen molar-refractivity contribution in [3.05, 3.63) is 0 Å². The van der Waals surface area contributed by atoms with Crippen LogP contribution in [0.1, 0.15) is 53.4 Å². The van der Waals surface area contributed by atoms with Gasteiger partial charge in [0, 0.05) is 24.6 Å². The molecule has 0 radical (unpaired) electrons. The number of nitrogens with two attached hydrogens (primary N) is 1. The van der Waals surface area contributed by atoms with Gasteiger partial charge in [-0.15, -0.1) is 0 Å². The zero-order valence-electron chi connectivity index (χ0n) is 12.0. The fourth-order valence-electron chi connectivity index (χ4n) is 1.89. The van der Waals surface area contributed by atoms with Gasteiger partial charge >= 0.3 is 0 Å². The van der Waals surface area contributed by atoms with Crippen molar-refractivity contribution in [1.29, 1.82) is 0 Å². The summed E-state index contributed by atoms with van der Waals surface area (Å²) < 4.78 is 22.5. The average Bonchev–Trinajstić information content (AvgIpc) is 2.13. The first-order valence-electron chi connectivity index (χ1n) is 6.53. The lowest BCUT2D eigenvalue weighted by atomic mass is 9.86. The molecule has 0 aliphatic heterocycles. The second-order valence-corrected chi connectivity index (χ2v) is 8.58. The van der Waals surface area contributed by atoms with Gasteiger partial charge in [0.1, 0.15) is 15.6 Å². The summed E-state index contributed by atoms with van der Waals surface area (Å²) in [5.74, 6) is 0.312. The van der Waals surface area contributed by atoms with Gasteiger partial charge in [0.05, 0.1) is 5.75 Å². The number of ketones is 1. The summed E-state index contributed by atoms with van der Waals surface area (Å²) in [5, 5.41) is 0. The van der Waals surface area contributed by atoms with Gasteiger partial charge in [-0.3, -0.25) is 4.79 Å². The molecule has 0 heterocycles. The number of hydrogen-bond acceptors (Lipinski definition) is 4. The van der Waals surface area contributed by atoms with Crippen molar-refractivity contribution in [2.24, 2.45) is 11.1 Å². The predicted octanol–water partition coefficient (Wildman–Crippen LogP) is 1.92. The first kappa shape index (κ1) is 17.6. The first-order valence-corrected chi connectivity index (χ1v) is 8.35. The zero-order valence-corrected chi connectivity index (χ0v) is 12.8. The van der Waals surface area contributed by atoms with Crippen molar-refractivity contribution >= 4 is 15.6 Å². The summed E-state index contributed by atoms with van der Waals surface area (Å²) in [6, 6.07) is -0.125. The quantitative estimate of drug-likeness (QED) is 0.735. The van der Waals surface area contributed by atoms with Crippen LogP contribution >= 0.6 is 0 Å². The summed E-state index contributed by atoms with van der Waals surface area (Å²) >= 11 is 0. The third-order valence-corrected chi connectivity index (χ3v) is 4.51. The van der Waals surface area contributed by atoms with Gasteiger partial charge in [-0.1, -0.05) is 27.7 Å². The Morgan fingerprint density at radius 2 is 1.83 bits per heavy atom. The Labute approximate surface area is 111 Å². The number of carbonyl (C=O) groups is 1. The maximum Gasteiger partial charge on any atom is 0.150 e. The normalized spacial score (nSPS) is 14.5. The second kappa shape index (κ2) is 7.24. The number of Topliss-reactive ketones (excluding diaryl/α,β-unsaturated/α-hetero) is 1. The molecule has 1 unspecified atom stereocenters. The highest BCUT2D eigenvalue weighted by Gasteiger charge is 2.18. The molecule has 1 atom stereocenters. The molecule has 108 valence electrons. The molecule has 0 aromatic rings. The van der Waals surface area contributed by atoms with Gasteiger partial charge in [-0.05, 0) is 18.3 Å². The molecular formula is C13H27NO3S. The van der Waals surface area contributed by atoms with E-state index in [4.69, 9.17) is 5.73 Å². The van der Waals surface area contributed by atoms with E-state index in [2.05, 4.69) is 20.8 Å². The van der Waals surface area contributed by atoms with E-state index >= 15 is 0 Å². The van der Waals surface area contributed by atoms with Crippen LogP contribution in [0.2, 0.25) is 0 Å². The Morgan fingerprint density at radius 1 is 1.28 bits per heavy atom. The van der Waals surface area contributed by atoms with E-state index in [1.165, 1.54) is 0 Å². The lowest BCUT2D eigenvalue weighted by molar-refractivity contribution is -0.119. The molecule has 0 aliphatic carbocycles. The van der Waals surface area contributed by atoms with E-state index in [-0.39, 0.29) is 28.7 Å². The van der Waals surface area contributed by atoms with Crippen molar-refractivity contribution in [2.45, 2.75) is 59.4 Å². The van der Waals surface area contributed by atoms with Gasteiger partial charge in [-0.25, -0.2) is 8.42 Å². The summed E-state index contributed by atoms with van der Waals surface area (Å²) in [5.41, 5.74) is 6.02. The summed E-state index contributed by atoms with van der Waals surface area (Å²) in [6.07, 6.45) is 1.88. The molecule has 2 N–H and O–H groups in total. The van der Waals surface area contributed by atoms with Crippen LogP contribution in [0.15, 0.2) is 0 Å². The van der Waals surface area contributed by atoms with Gasteiger partial charge < -0.3 is 5.73 Å². The van der Waals surface area contributed by atoms with E-state index in [0.717, 1.165) is 6.42 Å². The van der Waals surface area contributed by atoms with Gasteiger partial charge in [0.25, 0.3) is 0 Å². The second-order valence-electron chi connectivity index (χ2n) is 6.11. The average molecular weight is 277 g/mol. The van der Waals surface area contributed by atoms with E-state index in [0.29, 0.717) is 19.3 Å². The SMILES string of the molecule is CCS(=O)(=O)CCCC(=O)CC(N)CC(C)(C)C. The topological polar surface area (TPSA) is 77.2 Å².